The third-order valence-corrected chi connectivity index (χ3v) is 5.69. The monoisotopic (exact) mass is 404 g/mol. The number of hydrogen-bond donors (Lipinski definition) is 1. The van der Waals surface area contributed by atoms with E-state index in [1.807, 2.05) is 26.0 Å². The molecule has 0 unspecified atom stereocenters. The zero-order chi connectivity index (χ0) is 20.5. The summed E-state index contributed by atoms with van der Waals surface area (Å²) in [4.78, 5) is 12.7. The van der Waals surface area contributed by atoms with Gasteiger partial charge in [-0.3, -0.25) is 9.10 Å². The number of anilines is 1. The molecule has 1 aliphatic heterocycles. The number of rotatable bonds is 6. The molecule has 8 heteroatoms. The molecule has 0 spiro atoms. The smallest absolute Gasteiger partial charge is 0.243 e. The number of fused-ring (bicyclic) bond motifs is 1. The van der Waals surface area contributed by atoms with Crippen molar-refractivity contribution in [2.45, 2.75) is 33.4 Å². The van der Waals surface area contributed by atoms with Crippen LogP contribution >= 0.6 is 0 Å². The van der Waals surface area contributed by atoms with Gasteiger partial charge in [0.25, 0.3) is 0 Å². The molecule has 1 atom stereocenters. The van der Waals surface area contributed by atoms with Crippen molar-refractivity contribution >= 4 is 21.6 Å². The van der Waals surface area contributed by atoms with Crippen LogP contribution in [-0.4, -0.2) is 33.4 Å². The number of hydrogen-bond acceptors (Lipinski definition) is 5. The highest BCUT2D eigenvalue weighted by Gasteiger charge is 2.29. The van der Waals surface area contributed by atoms with E-state index < -0.39 is 16.1 Å². The molecule has 1 amide bonds. The van der Waals surface area contributed by atoms with Crippen molar-refractivity contribution in [2.24, 2.45) is 0 Å². The fourth-order valence-electron chi connectivity index (χ4n) is 3.27. The first-order valence-corrected chi connectivity index (χ1v) is 10.7. The lowest BCUT2D eigenvalue weighted by atomic mass is 10.1. The lowest BCUT2D eigenvalue weighted by Crippen LogP contribution is -2.47. The van der Waals surface area contributed by atoms with E-state index in [0.29, 0.717) is 17.2 Å². The van der Waals surface area contributed by atoms with Gasteiger partial charge in [-0.15, -0.1) is 0 Å². The van der Waals surface area contributed by atoms with Gasteiger partial charge in [0.15, 0.2) is 11.5 Å². The van der Waals surface area contributed by atoms with Gasteiger partial charge in [0.05, 0.1) is 11.9 Å². The fraction of sp³-hybridized carbons (Fsp3) is 0.350. The van der Waals surface area contributed by atoms with Crippen molar-refractivity contribution in [1.82, 2.24) is 5.32 Å². The average Bonchev–Trinajstić information content (AvgIpc) is 3.05. The van der Waals surface area contributed by atoms with E-state index in [1.165, 1.54) is 0 Å². The van der Waals surface area contributed by atoms with Gasteiger partial charge < -0.3 is 14.8 Å². The van der Waals surface area contributed by atoms with Gasteiger partial charge in [0, 0.05) is 6.54 Å². The van der Waals surface area contributed by atoms with Crippen LogP contribution in [-0.2, 0) is 21.4 Å². The maximum absolute atomic E-state index is 12.7. The molecule has 1 N–H and O–H groups in total. The summed E-state index contributed by atoms with van der Waals surface area (Å²) in [5.41, 5.74) is 3.17. The van der Waals surface area contributed by atoms with E-state index in [0.717, 1.165) is 27.3 Å². The van der Waals surface area contributed by atoms with Crippen molar-refractivity contribution in [3.8, 4) is 11.5 Å². The molecule has 0 saturated heterocycles. The summed E-state index contributed by atoms with van der Waals surface area (Å²) >= 11 is 0. The van der Waals surface area contributed by atoms with Gasteiger partial charge in [0.2, 0.25) is 22.7 Å². The second-order valence-corrected chi connectivity index (χ2v) is 8.85. The Morgan fingerprint density at radius 3 is 2.39 bits per heavy atom. The zero-order valence-electron chi connectivity index (χ0n) is 16.4. The molecule has 2 aromatic carbocycles. The largest absolute Gasteiger partial charge is 0.454 e. The molecule has 2 aromatic rings. The van der Waals surface area contributed by atoms with Crippen molar-refractivity contribution in [2.75, 3.05) is 17.4 Å². The summed E-state index contributed by atoms with van der Waals surface area (Å²) in [6.45, 7) is 5.79. The quantitative estimate of drug-likeness (QED) is 0.800. The summed E-state index contributed by atoms with van der Waals surface area (Å²) < 4.78 is 36.6. The van der Waals surface area contributed by atoms with Crippen LogP contribution in [0.4, 0.5) is 5.69 Å². The predicted octanol–water partition coefficient (Wildman–Crippen LogP) is 2.50. The van der Waals surface area contributed by atoms with Gasteiger partial charge in [-0.1, -0.05) is 12.1 Å². The van der Waals surface area contributed by atoms with Crippen LogP contribution in [0.25, 0.3) is 0 Å². The van der Waals surface area contributed by atoms with Crippen molar-refractivity contribution in [3.05, 3.63) is 53.1 Å². The van der Waals surface area contributed by atoms with Gasteiger partial charge in [-0.05, 0) is 61.7 Å². The van der Waals surface area contributed by atoms with Crippen molar-refractivity contribution < 1.29 is 22.7 Å². The standard InChI is InChI=1S/C20H24N2O5S/c1-13-7-14(2)9-17(8-13)22(28(4,24)25)15(3)20(23)21-11-16-5-6-18-19(10-16)27-12-26-18/h5-10,15H,11-12H2,1-4H3,(H,21,23)/t15-/m1/s1. The van der Waals surface area contributed by atoms with Crippen LogP contribution in [0.2, 0.25) is 0 Å². The summed E-state index contributed by atoms with van der Waals surface area (Å²) in [5.74, 6) is 0.913. The first-order valence-electron chi connectivity index (χ1n) is 8.89. The molecule has 1 aliphatic rings. The molecule has 3 rings (SSSR count). The highest BCUT2D eigenvalue weighted by Crippen LogP contribution is 2.32. The number of nitrogens with zero attached hydrogens (tertiary/aromatic N) is 1. The number of ether oxygens (including phenoxy) is 2. The maximum atomic E-state index is 12.7. The minimum Gasteiger partial charge on any atom is -0.454 e. The fourth-order valence-corrected chi connectivity index (χ4v) is 4.43. The van der Waals surface area contributed by atoms with Crippen molar-refractivity contribution in [1.29, 1.82) is 0 Å². The van der Waals surface area contributed by atoms with Gasteiger partial charge in [0.1, 0.15) is 6.04 Å². The van der Waals surface area contributed by atoms with Crippen LogP contribution < -0.4 is 19.1 Å². The zero-order valence-corrected chi connectivity index (χ0v) is 17.2. The Morgan fingerprint density at radius 2 is 1.75 bits per heavy atom. The molecule has 1 heterocycles. The second-order valence-electron chi connectivity index (χ2n) is 6.99. The minimum atomic E-state index is -3.65. The Hall–Kier alpha value is -2.74. The summed E-state index contributed by atoms with van der Waals surface area (Å²) in [7, 11) is -3.65. The first kappa shape index (κ1) is 20.0. The number of carbonyl (C=O) groups excluding carboxylic acids is 1. The Labute approximate surface area is 165 Å². The van der Waals surface area contributed by atoms with Crippen LogP contribution in [0.3, 0.4) is 0 Å². The molecule has 7 nitrogen and oxygen atoms in total. The highest BCUT2D eigenvalue weighted by molar-refractivity contribution is 7.92. The topological polar surface area (TPSA) is 84.9 Å². The normalized spacial score (nSPS) is 13.9. The third kappa shape index (κ3) is 4.39. The van der Waals surface area contributed by atoms with Crippen molar-refractivity contribution in [3.63, 3.8) is 0 Å². The molecular weight excluding hydrogens is 380 g/mol. The lowest BCUT2D eigenvalue weighted by molar-refractivity contribution is -0.122. The van der Waals surface area contributed by atoms with Crippen LogP contribution in [0.1, 0.15) is 23.6 Å². The Morgan fingerprint density at radius 1 is 1.11 bits per heavy atom. The summed E-state index contributed by atoms with van der Waals surface area (Å²) in [6, 6.07) is 9.98. The summed E-state index contributed by atoms with van der Waals surface area (Å²) in [5, 5.41) is 2.80. The molecule has 150 valence electrons. The first-order chi connectivity index (χ1) is 13.1. The second kappa shape index (κ2) is 7.71. The Kier molecular flexibility index (Phi) is 5.51. The molecule has 0 fully saturated rings. The molecule has 0 aromatic heterocycles. The molecule has 28 heavy (non-hydrogen) atoms. The van der Waals surface area contributed by atoms with E-state index in [4.69, 9.17) is 9.47 Å². The molecule has 0 aliphatic carbocycles. The van der Waals surface area contributed by atoms with Gasteiger partial charge in [-0.2, -0.15) is 0 Å². The van der Waals surface area contributed by atoms with Gasteiger partial charge >= 0.3 is 0 Å². The molecule has 0 bridgehead atoms. The Balaban J connectivity index is 1.77. The molecule has 0 radical (unpaired) electrons. The van der Waals surface area contributed by atoms with Crippen LogP contribution in [0, 0.1) is 13.8 Å². The molecule has 0 saturated carbocycles. The SMILES string of the molecule is Cc1cc(C)cc(N([C@H](C)C(=O)NCc2ccc3c(c2)OCO3)S(C)(=O)=O)c1. The number of carbonyl (C=O) groups is 1. The number of amides is 1. The Bertz CT molecular complexity index is 983. The van der Waals surface area contributed by atoms with Crippen LogP contribution in [0.5, 0.6) is 11.5 Å². The number of nitrogens with one attached hydrogen (secondary N) is 1. The van der Waals surface area contributed by atoms with E-state index >= 15 is 0 Å². The van der Waals surface area contributed by atoms with E-state index in [2.05, 4.69) is 5.32 Å². The number of aryl methyl sites for hydroxylation is 2. The average molecular weight is 404 g/mol. The lowest BCUT2D eigenvalue weighted by Gasteiger charge is -2.28. The maximum Gasteiger partial charge on any atom is 0.243 e. The number of benzene rings is 2. The summed E-state index contributed by atoms with van der Waals surface area (Å²) in [6.07, 6.45) is 1.10. The van der Waals surface area contributed by atoms with E-state index in [9.17, 15) is 13.2 Å². The van der Waals surface area contributed by atoms with Crippen LogP contribution in [0.15, 0.2) is 36.4 Å². The number of sulfonamides is 1. The third-order valence-electron chi connectivity index (χ3n) is 4.45. The predicted molar refractivity (Wildman–Crippen MR) is 107 cm³/mol. The van der Waals surface area contributed by atoms with Gasteiger partial charge in [-0.25, -0.2) is 8.42 Å². The highest BCUT2D eigenvalue weighted by atomic mass is 32.2. The van der Waals surface area contributed by atoms with E-state index in [-0.39, 0.29) is 19.2 Å². The molecular formula is C20H24N2O5S. The van der Waals surface area contributed by atoms with E-state index in [1.54, 1.807) is 31.2 Å². The minimum absolute atomic E-state index is 0.182.